The first-order chi connectivity index (χ1) is 9.29. The van der Waals surface area contributed by atoms with E-state index in [4.69, 9.17) is 4.74 Å². The van der Waals surface area contributed by atoms with Gasteiger partial charge in [0.25, 0.3) is 0 Å². The highest BCUT2D eigenvalue weighted by atomic mass is 32.1. The predicted octanol–water partition coefficient (Wildman–Crippen LogP) is 2.34. The maximum atomic E-state index is 5.08. The highest BCUT2D eigenvalue weighted by Crippen LogP contribution is 2.10. The van der Waals surface area contributed by atoms with E-state index in [2.05, 4.69) is 31.4 Å². The van der Waals surface area contributed by atoms with Gasteiger partial charge in [0.1, 0.15) is 0 Å². The third-order valence-corrected chi connectivity index (χ3v) is 3.43. The van der Waals surface area contributed by atoms with Gasteiger partial charge in [-0.05, 0) is 13.3 Å². The first-order valence-corrected chi connectivity index (χ1v) is 7.37. The maximum absolute atomic E-state index is 5.08. The molecule has 19 heavy (non-hydrogen) atoms. The molecule has 0 aliphatic heterocycles. The van der Waals surface area contributed by atoms with Crippen LogP contribution in [0.2, 0.25) is 0 Å². The molecule has 0 atom stereocenters. The van der Waals surface area contributed by atoms with Gasteiger partial charge in [-0.3, -0.25) is 0 Å². The zero-order valence-corrected chi connectivity index (χ0v) is 12.2. The minimum Gasteiger partial charge on any atom is -0.385 e. The molecule has 0 radical (unpaired) electrons. The Hall–Kier alpha value is -1.40. The van der Waals surface area contributed by atoms with Gasteiger partial charge in [0, 0.05) is 44.8 Å². The summed E-state index contributed by atoms with van der Waals surface area (Å²) in [7, 11) is 1.73. The van der Waals surface area contributed by atoms with Crippen molar-refractivity contribution < 1.29 is 4.74 Å². The normalized spacial score (nSPS) is 10.8. The summed E-state index contributed by atoms with van der Waals surface area (Å²) in [6.07, 6.45) is 3.99. The quantitative estimate of drug-likeness (QED) is 0.754. The largest absolute Gasteiger partial charge is 0.385 e. The molecule has 0 aliphatic carbocycles. The Labute approximate surface area is 117 Å². The third kappa shape index (κ3) is 4.33. The Bertz CT molecular complexity index is 481. The van der Waals surface area contributed by atoms with Crippen molar-refractivity contribution in [2.24, 2.45) is 0 Å². The van der Waals surface area contributed by atoms with Crippen LogP contribution in [0, 0.1) is 6.92 Å². The van der Waals surface area contributed by atoms with Gasteiger partial charge in [-0.1, -0.05) is 0 Å². The molecule has 2 heterocycles. The van der Waals surface area contributed by atoms with E-state index in [1.165, 1.54) is 0 Å². The van der Waals surface area contributed by atoms with Crippen LogP contribution in [0.15, 0.2) is 17.1 Å². The van der Waals surface area contributed by atoms with E-state index in [-0.39, 0.29) is 0 Å². The number of ether oxygens (including phenoxy) is 1. The molecule has 104 valence electrons. The summed E-state index contributed by atoms with van der Waals surface area (Å²) >= 11 is 1.63. The Morgan fingerprint density at radius 1 is 1.47 bits per heavy atom. The van der Waals surface area contributed by atoms with Crippen molar-refractivity contribution in [3.8, 4) is 0 Å². The molecule has 0 bridgehead atoms. The van der Waals surface area contributed by atoms with Gasteiger partial charge in [0.15, 0.2) is 0 Å². The first kappa shape index (κ1) is 14.0. The predicted molar refractivity (Wildman–Crippen MR) is 77.8 cm³/mol. The first-order valence-electron chi connectivity index (χ1n) is 6.43. The molecule has 5 nitrogen and oxygen atoms in total. The molecule has 0 saturated heterocycles. The molecule has 0 aliphatic rings. The number of aromatic nitrogens is 3. The molecule has 2 aromatic heterocycles. The van der Waals surface area contributed by atoms with Gasteiger partial charge in [0.2, 0.25) is 5.95 Å². The smallest absolute Gasteiger partial charge is 0.203 e. The fourth-order valence-corrected chi connectivity index (χ4v) is 2.49. The van der Waals surface area contributed by atoms with E-state index < -0.39 is 0 Å². The van der Waals surface area contributed by atoms with Crippen LogP contribution in [-0.2, 0) is 17.7 Å². The van der Waals surface area contributed by atoms with Crippen LogP contribution in [0.1, 0.15) is 17.8 Å². The number of imidazole rings is 1. The fourth-order valence-electron chi connectivity index (χ4n) is 1.90. The van der Waals surface area contributed by atoms with Crippen molar-refractivity contribution in [3.63, 3.8) is 0 Å². The topological polar surface area (TPSA) is 52.0 Å². The summed E-state index contributed by atoms with van der Waals surface area (Å²) in [5, 5.41) is 5.46. The van der Waals surface area contributed by atoms with Crippen LogP contribution in [0.25, 0.3) is 0 Å². The number of hydrogen-bond donors (Lipinski definition) is 1. The van der Waals surface area contributed by atoms with Crippen LogP contribution in [0.5, 0.6) is 0 Å². The molecule has 2 rings (SSSR count). The van der Waals surface area contributed by atoms with E-state index in [0.29, 0.717) is 0 Å². The van der Waals surface area contributed by atoms with Gasteiger partial charge in [0.05, 0.1) is 16.9 Å². The Kier molecular flexibility index (Phi) is 5.35. The number of rotatable bonds is 8. The van der Waals surface area contributed by atoms with Gasteiger partial charge < -0.3 is 14.6 Å². The zero-order valence-electron chi connectivity index (χ0n) is 11.4. The lowest BCUT2D eigenvalue weighted by molar-refractivity contribution is 0.190. The highest BCUT2D eigenvalue weighted by Gasteiger charge is 2.05. The van der Waals surface area contributed by atoms with Gasteiger partial charge >= 0.3 is 0 Å². The molecule has 0 saturated carbocycles. The number of hydrogen-bond acceptors (Lipinski definition) is 5. The molecule has 0 fully saturated rings. The molecule has 2 aromatic rings. The summed E-state index contributed by atoms with van der Waals surface area (Å²) in [4.78, 5) is 8.77. The summed E-state index contributed by atoms with van der Waals surface area (Å²) in [5.74, 6) is 0.934. The molecule has 0 aromatic carbocycles. The van der Waals surface area contributed by atoms with E-state index in [1.54, 1.807) is 18.4 Å². The SMILES string of the molecule is COCCCn1cc(C)nc1NCCc1cscn1. The van der Waals surface area contributed by atoms with E-state index >= 15 is 0 Å². The number of methoxy groups -OCH3 is 1. The average molecular weight is 280 g/mol. The van der Waals surface area contributed by atoms with Gasteiger partial charge in [-0.25, -0.2) is 9.97 Å². The van der Waals surface area contributed by atoms with Crippen LogP contribution in [0.4, 0.5) is 5.95 Å². The maximum Gasteiger partial charge on any atom is 0.203 e. The number of nitrogens with one attached hydrogen (secondary N) is 1. The van der Waals surface area contributed by atoms with Crippen molar-refractivity contribution in [1.29, 1.82) is 0 Å². The second kappa shape index (κ2) is 7.25. The van der Waals surface area contributed by atoms with Crippen LogP contribution in [-0.4, -0.2) is 34.8 Å². The molecule has 0 unspecified atom stereocenters. The highest BCUT2D eigenvalue weighted by molar-refractivity contribution is 7.07. The number of thiazole rings is 1. The monoisotopic (exact) mass is 280 g/mol. The van der Waals surface area contributed by atoms with E-state index in [1.807, 2.05) is 12.4 Å². The molecular formula is C13H20N4OS. The lowest BCUT2D eigenvalue weighted by atomic mass is 10.3. The van der Waals surface area contributed by atoms with E-state index in [9.17, 15) is 0 Å². The fraction of sp³-hybridized carbons (Fsp3) is 0.538. The van der Waals surface area contributed by atoms with Crippen molar-refractivity contribution in [3.05, 3.63) is 28.5 Å². The van der Waals surface area contributed by atoms with Crippen molar-refractivity contribution in [2.45, 2.75) is 26.3 Å². The molecule has 0 amide bonds. The molecule has 6 heteroatoms. The van der Waals surface area contributed by atoms with Crippen molar-refractivity contribution in [1.82, 2.24) is 14.5 Å². The molecule has 1 N–H and O–H groups in total. The van der Waals surface area contributed by atoms with Crippen LogP contribution < -0.4 is 5.32 Å². The summed E-state index contributed by atoms with van der Waals surface area (Å²) in [5.41, 5.74) is 4.03. The molecular weight excluding hydrogens is 260 g/mol. The number of aryl methyl sites for hydroxylation is 2. The third-order valence-electron chi connectivity index (χ3n) is 2.79. The lowest BCUT2D eigenvalue weighted by Gasteiger charge is -2.08. The van der Waals surface area contributed by atoms with Crippen molar-refractivity contribution in [2.75, 3.05) is 25.6 Å². The lowest BCUT2D eigenvalue weighted by Crippen LogP contribution is -2.11. The van der Waals surface area contributed by atoms with Crippen LogP contribution >= 0.6 is 11.3 Å². The summed E-state index contributed by atoms with van der Waals surface area (Å²) < 4.78 is 7.23. The zero-order chi connectivity index (χ0) is 13.5. The second-order valence-electron chi connectivity index (χ2n) is 4.40. The summed E-state index contributed by atoms with van der Waals surface area (Å²) in [6, 6.07) is 0. The van der Waals surface area contributed by atoms with Gasteiger partial charge in [-0.15, -0.1) is 11.3 Å². The average Bonchev–Trinajstić information content (AvgIpc) is 3.00. The standard InChI is InChI=1S/C13H20N4OS/c1-11-8-17(6-3-7-18-2)13(16-11)14-5-4-12-9-19-10-15-12/h8-10H,3-7H2,1-2H3,(H,14,16). The number of anilines is 1. The second-order valence-corrected chi connectivity index (χ2v) is 5.12. The minimum absolute atomic E-state index is 0.773. The van der Waals surface area contributed by atoms with Crippen LogP contribution in [0.3, 0.4) is 0 Å². The minimum atomic E-state index is 0.773. The Morgan fingerprint density at radius 2 is 2.37 bits per heavy atom. The number of nitrogens with zero attached hydrogens (tertiary/aromatic N) is 3. The summed E-state index contributed by atoms with van der Waals surface area (Å²) in [6.45, 7) is 4.56. The van der Waals surface area contributed by atoms with Crippen molar-refractivity contribution >= 4 is 17.3 Å². The van der Waals surface area contributed by atoms with E-state index in [0.717, 1.165) is 49.9 Å². The Balaban J connectivity index is 1.84. The van der Waals surface area contributed by atoms with Gasteiger partial charge in [-0.2, -0.15) is 0 Å². The molecule has 0 spiro atoms. The Morgan fingerprint density at radius 3 is 3.11 bits per heavy atom.